The van der Waals surface area contributed by atoms with Gasteiger partial charge in [0.15, 0.2) is 0 Å². The van der Waals surface area contributed by atoms with Gasteiger partial charge in [-0.1, -0.05) is 25.3 Å². The first-order valence-corrected chi connectivity index (χ1v) is 10.6. The average molecular weight is 478 g/mol. The van der Waals surface area contributed by atoms with E-state index >= 15 is 0 Å². The smallest absolute Gasteiger partial charge is 0.303 e. The molecule has 0 aromatic carbocycles. The molecule has 10 heteroatoms. The van der Waals surface area contributed by atoms with E-state index in [-0.39, 0.29) is 13.2 Å². The Morgan fingerprint density at radius 2 is 1.00 bits per heavy atom. The molecule has 0 radical (unpaired) electrons. The zero-order valence-corrected chi connectivity index (χ0v) is 19.7. The summed E-state index contributed by atoms with van der Waals surface area (Å²) in [6.07, 6.45) is 2.31. The normalized spacial score (nSPS) is 27.9. The Bertz CT molecular complexity index is 814. The van der Waals surface area contributed by atoms with E-state index in [2.05, 4.69) is 13.2 Å². The quantitative estimate of drug-likeness (QED) is 0.209. The number of carbonyl (C=O) groups is 4. The van der Waals surface area contributed by atoms with E-state index in [0.29, 0.717) is 11.1 Å². The second-order valence-corrected chi connectivity index (χ2v) is 7.76. The molecule has 0 aromatic rings. The molecule has 2 aliphatic heterocycles. The molecule has 186 valence electrons. The summed E-state index contributed by atoms with van der Waals surface area (Å²) in [5, 5.41) is 0. The van der Waals surface area contributed by atoms with Crippen molar-refractivity contribution in [3.63, 3.8) is 0 Å². The fourth-order valence-electron chi connectivity index (χ4n) is 3.33. The number of hydrogen-bond donors (Lipinski definition) is 0. The third kappa shape index (κ3) is 7.96. The van der Waals surface area contributed by atoms with Gasteiger partial charge in [0.25, 0.3) is 0 Å². The van der Waals surface area contributed by atoms with Crippen LogP contribution in [0.15, 0.2) is 48.6 Å². The van der Waals surface area contributed by atoms with Gasteiger partial charge in [-0.25, -0.2) is 0 Å². The van der Waals surface area contributed by atoms with E-state index in [1.165, 1.54) is 27.7 Å². The molecule has 0 fully saturated rings. The first-order chi connectivity index (χ1) is 16.0. The average Bonchev–Trinajstić information content (AvgIpc) is 2.75. The Balaban J connectivity index is 2.13. The second-order valence-electron chi connectivity index (χ2n) is 7.76. The minimum Gasteiger partial charge on any atom is -0.463 e. The van der Waals surface area contributed by atoms with Gasteiger partial charge in [0.2, 0.25) is 0 Å². The molecule has 6 atom stereocenters. The lowest BCUT2D eigenvalue weighted by Crippen LogP contribution is -2.44. The summed E-state index contributed by atoms with van der Waals surface area (Å²) in [4.78, 5) is 45.3. The van der Waals surface area contributed by atoms with Crippen molar-refractivity contribution in [1.82, 2.24) is 0 Å². The van der Waals surface area contributed by atoms with E-state index in [9.17, 15) is 19.2 Å². The van der Waals surface area contributed by atoms with E-state index in [4.69, 9.17) is 28.4 Å². The van der Waals surface area contributed by atoms with Gasteiger partial charge in [0.05, 0.1) is 0 Å². The lowest BCUT2D eigenvalue weighted by molar-refractivity contribution is -0.164. The Kier molecular flexibility index (Phi) is 9.76. The summed E-state index contributed by atoms with van der Waals surface area (Å²) in [7, 11) is 0. The van der Waals surface area contributed by atoms with Crippen LogP contribution in [-0.2, 0) is 47.6 Å². The lowest BCUT2D eigenvalue weighted by Gasteiger charge is -2.35. The molecule has 0 N–H and O–H groups in total. The van der Waals surface area contributed by atoms with Crippen LogP contribution in [0.3, 0.4) is 0 Å². The molecule has 0 aliphatic carbocycles. The van der Waals surface area contributed by atoms with Gasteiger partial charge < -0.3 is 28.4 Å². The summed E-state index contributed by atoms with van der Waals surface area (Å²) < 4.78 is 32.5. The van der Waals surface area contributed by atoms with Crippen molar-refractivity contribution in [3.05, 3.63) is 48.6 Å². The van der Waals surface area contributed by atoms with Gasteiger partial charge in [0.1, 0.15) is 49.8 Å². The van der Waals surface area contributed by atoms with Crippen LogP contribution in [0.1, 0.15) is 27.7 Å². The van der Waals surface area contributed by atoms with Gasteiger partial charge in [-0.05, 0) is 23.3 Å². The molecule has 2 aliphatic rings. The molecule has 0 bridgehead atoms. The highest BCUT2D eigenvalue weighted by Gasteiger charge is 2.36. The van der Waals surface area contributed by atoms with Gasteiger partial charge in [-0.2, -0.15) is 0 Å². The van der Waals surface area contributed by atoms with Crippen molar-refractivity contribution in [1.29, 1.82) is 0 Å². The predicted molar refractivity (Wildman–Crippen MR) is 118 cm³/mol. The maximum absolute atomic E-state index is 11.4. The van der Waals surface area contributed by atoms with Crippen molar-refractivity contribution >= 4 is 23.9 Å². The molecule has 0 amide bonds. The maximum atomic E-state index is 11.4. The molecule has 0 aromatic heterocycles. The lowest BCUT2D eigenvalue weighted by atomic mass is 9.94. The Morgan fingerprint density at radius 1 is 0.647 bits per heavy atom. The first-order valence-electron chi connectivity index (χ1n) is 10.6. The standard InChI is InChI=1S/C24H30O10/c1-13(19-7-9-21(31-17(5)27)23(33-19)11-29-15(3)25)14(2)20-8-10-22(32-18(6)28)24(34-20)12-30-16(4)26/h7-10,19-24H,1-2,11-12H2,3-6H3/t19-,20-,21+,22+,23+,24+/m0/s1. The minimum atomic E-state index is -0.750. The zero-order chi connectivity index (χ0) is 25.4. The van der Waals surface area contributed by atoms with Gasteiger partial charge in [-0.15, -0.1) is 0 Å². The van der Waals surface area contributed by atoms with E-state index in [1.54, 1.807) is 24.3 Å². The molecule has 34 heavy (non-hydrogen) atoms. The van der Waals surface area contributed by atoms with Crippen LogP contribution in [0, 0.1) is 0 Å². The van der Waals surface area contributed by atoms with Crippen molar-refractivity contribution < 1.29 is 47.6 Å². The molecule has 0 saturated heterocycles. The van der Waals surface area contributed by atoms with Crippen LogP contribution in [0.2, 0.25) is 0 Å². The summed E-state index contributed by atoms with van der Waals surface area (Å²) in [6.45, 7) is 12.9. The third-order valence-corrected chi connectivity index (χ3v) is 4.93. The topological polar surface area (TPSA) is 124 Å². The molecule has 0 unspecified atom stereocenters. The third-order valence-electron chi connectivity index (χ3n) is 4.93. The number of rotatable bonds is 9. The molecule has 2 heterocycles. The second kappa shape index (κ2) is 12.3. The minimum absolute atomic E-state index is 0.123. The highest BCUT2D eigenvalue weighted by atomic mass is 16.6. The Morgan fingerprint density at radius 3 is 1.29 bits per heavy atom. The van der Waals surface area contributed by atoms with Crippen LogP contribution in [0.25, 0.3) is 0 Å². The van der Waals surface area contributed by atoms with Crippen molar-refractivity contribution in [2.24, 2.45) is 0 Å². The fraction of sp³-hybridized carbons (Fsp3) is 0.500. The van der Waals surface area contributed by atoms with Crippen LogP contribution < -0.4 is 0 Å². The Hall–Kier alpha value is -3.24. The maximum Gasteiger partial charge on any atom is 0.303 e. The molecule has 10 nitrogen and oxygen atoms in total. The summed E-state index contributed by atoms with van der Waals surface area (Å²) in [6, 6.07) is 0. The van der Waals surface area contributed by atoms with Crippen molar-refractivity contribution in [2.45, 2.75) is 64.3 Å². The number of carbonyl (C=O) groups excluding carboxylic acids is 4. The van der Waals surface area contributed by atoms with Crippen LogP contribution in [0.5, 0.6) is 0 Å². The highest BCUT2D eigenvalue weighted by Crippen LogP contribution is 2.29. The van der Waals surface area contributed by atoms with Gasteiger partial charge >= 0.3 is 23.9 Å². The SMILES string of the molecule is C=C(C(=C)[C@@H]1C=C[C@@H](OC(C)=O)[C@@H](COC(C)=O)O1)[C@@H]1C=C[C@@H](OC(C)=O)[C@@H](COC(C)=O)O1. The van der Waals surface area contributed by atoms with Crippen molar-refractivity contribution in [2.75, 3.05) is 13.2 Å². The van der Waals surface area contributed by atoms with E-state index < -0.39 is 60.5 Å². The van der Waals surface area contributed by atoms with Crippen LogP contribution in [-0.4, -0.2) is 73.7 Å². The fourth-order valence-corrected chi connectivity index (χ4v) is 3.33. The number of esters is 4. The highest BCUT2D eigenvalue weighted by molar-refractivity contribution is 5.67. The van der Waals surface area contributed by atoms with Crippen LogP contribution in [0.4, 0.5) is 0 Å². The van der Waals surface area contributed by atoms with Gasteiger partial charge in [-0.3, -0.25) is 19.2 Å². The summed E-state index contributed by atoms with van der Waals surface area (Å²) in [5.74, 6) is -2.01. The largest absolute Gasteiger partial charge is 0.463 e. The molecule has 2 rings (SSSR count). The molecule has 0 saturated carbocycles. The van der Waals surface area contributed by atoms with E-state index in [0.717, 1.165) is 0 Å². The van der Waals surface area contributed by atoms with E-state index in [1.807, 2.05) is 0 Å². The summed E-state index contributed by atoms with van der Waals surface area (Å²) in [5.41, 5.74) is 0.939. The first kappa shape index (κ1) is 27.0. The number of ether oxygens (including phenoxy) is 6. The van der Waals surface area contributed by atoms with Gasteiger partial charge in [0, 0.05) is 27.7 Å². The molecule has 0 spiro atoms. The molecular weight excluding hydrogens is 448 g/mol. The predicted octanol–water partition coefficient (Wildman–Crippen LogP) is 1.74. The summed E-state index contributed by atoms with van der Waals surface area (Å²) >= 11 is 0. The number of hydrogen-bond acceptors (Lipinski definition) is 10. The zero-order valence-electron chi connectivity index (χ0n) is 19.7. The molecular formula is C24H30O10. The Labute approximate surface area is 198 Å². The van der Waals surface area contributed by atoms with Crippen molar-refractivity contribution in [3.8, 4) is 0 Å². The van der Waals surface area contributed by atoms with Crippen LogP contribution >= 0.6 is 0 Å². The monoisotopic (exact) mass is 478 g/mol.